The summed E-state index contributed by atoms with van der Waals surface area (Å²) >= 11 is 0. The number of hydrogen-bond donors (Lipinski definition) is 2. The Morgan fingerprint density at radius 2 is 0.750 bits per heavy atom. The number of nitrogens with one attached hydrogen (secondary N) is 1. The van der Waals surface area contributed by atoms with Crippen LogP contribution in [-0.4, -0.2) is 17.9 Å². The number of aliphatic hydroxyl groups is 1. The van der Waals surface area contributed by atoms with Crippen molar-refractivity contribution in [2.75, 3.05) is 6.54 Å². The lowest BCUT2D eigenvalue weighted by molar-refractivity contribution is 0.133. The highest BCUT2D eigenvalue weighted by molar-refractivity contribution is 4.53. The largest absolute Gasteiger partial charge is 0.379 e. The summed E-state index contributed by atoms with van der Waals surface area (Å²) < 4.78 is 0. The maximum atomic E-state index is 9.41. The first kappa shape index (κ1) is 27.9. The van der Waals surface area contributed by atoms with E-state index >= 15 is 0 Å². The fourth-order valence-corrected chi connectivity index (χ4v) is 3.97. The predicted molar refractivity (Wildman–Crippen MR) is 127 cm³/mol. The summed E-state index contributed by atoms with van der Waals surface area (Å²) in [6, 6.07) is 0. The molecule has 0 heterocycles. The molecule has 0 amide bonds. The molecule has 0 saturated carbocycles. The van der Waals surface area contributed by atoms with Crippen LogP contribution in [0.4, 0.5) is 0 Å². The zero-order valence-electron chi connectivity index (χ0n) is 19.8. The molecule has 0 rings (SSSR count). The normalized spacial score (nSPS) is 12.5. The second kappa shape index (κ2) is 25.0. The maximum Gasteiger partial charge on any atom is 0.104 e. The molecule has 0 saturated heterocycles. The second-order valence-electron chi connectivity index (χ2n) is 8.95. The standard InChI is InChI=1S/C26H55NO/c1-3-5-6-7-8-9-10-11-12-13-14-15-16-17-18-19-20-21-22-23-24-25-27-26(28)4-2/h26-28H,3-25H2,1-2H3. The minimum atomic E-state index is -0.301. The van der Waals surface area contributed by atoms with Gasteiger partial charge >= 0.3 is 0 Å². The Morgan fingerprint density at radius 3 is 1.04 bits per heavy atom. The van der Waals surface area contributed by atoms with E-state index in [1.807, 2.05) is 6.92 Å². The predicted octanol–water partition coefficient (Wildman–Crippen LogP) is 8.52. The molecule has 2 N–H and O–H groups in total. The highest BCUT2D eigenvalue weighted by Gasteiger charge is 1.98. The molecule has 28 heavy (non-hydrogen) atoms. The van der Waals surface area contributed by atoms with Crippen molar-refractivity contribution in [3.05, 3.63) is 0 Å². The highest BCUT2D eigenvalue weighted by Crippen LogP contribution is 2.14. The lowest BCUT2D eigenvalue weighted by atomic mass is 10.0. The van der Waals surface area contributed by atoms with Crippen molar-refractivity contribution in [3.8, 4) is 0 Å². The first-order valence-electron chi connectivity index (χ1n) is 13.2. The third kappa shape index (κ3) is 24.0. The van der Waals surface area contributed by atoms with Crippen molar-refractivity contribution in [1.82, 2.24) is 5.32 Å². The van der Waals surface area contributed by atoms with Crippen LogP contribution >= 0.6 is 0 Å². The molecule has 2 nitrogen and oxygen atoms in total. The van der Waals surface area contributed by atoms with Gasteiger partial charge < -0.3 is 5.11 Å². The van der Waals surface area contributed by atoms with Crippen molar-refractivity contribution in [3.63, 3.8) is 0 Å². The molecule has 170 valence electrons. The van der Waals surface area contributed by atoms with Crippen LogP contribution in [0.5, 0.6) is 0 Å². The van der Waals surface area contributed by atoms with Gasteiger partial charge in [0.1, 0.15) is 6.23 Å². The number of hydrogen-bond acceptors (Lipinski definition) is 2. The average molecular weight is 398 g/mol. The Hall–Kier alpha value is -0.0800. The van der Waals surface area contributed by atoms with E-state index in [-0.39, 0.29) is 6.23 Å². The van der Waals surface area contributed by atoms with Gasteiger partial charge in [-0.1, -0.05) is 142 Å². The third-order valence-corrected chi connectivity index (χ3v) is 6.05. The summed E-state index contributed by atoms with van der Waals surface area (Å²) in [7, 11) is 0. The monoisotopic (exact) mass is 397 g/mol. The van der Waals surface area contributed by atoms with Crippen LogP contribution < -0.4 is 5.32 Å². The summed E-state index contributed by atoms with van der Waals surface area (Å²) in [4.78, 5) is 0. The molecule has 1 unspecified atom stereocenters. The van der Waals surface area contributed by atoms with Crippen molar-refractivity contribution in [1.29, 1.82) is 0 Å². The summed E-state index contributed by atoms with van der Waals surface area (Å²) in [5.74, 6) is 0. The van der Waals surface area contributed by atoms with Crippen LogP contribution in [0.3, 0.4) is 0 Å². The minimum Gasteiger partial charge on any atom is -0.379 e. The molecular formula is C26H55NO. The second-order valence-corrected chi connectivity index (χ2v) is 8.95. The van der Waals surface area contributed by atoms with Gasteiger partial charge in [0, 0.05) is 0 Å². The quantitative estimate of drug-likeness (QED) is 0.126. The third-order valence-electron chi connectivity index (χ3n) is 6.05. The van der Waals surface area contributed by atoms with Crippen LogP contribution in [0.2, 0.25) is 0 Å². The van der Waals surface area contributed by atoms with Crippen LogP contribution in [0, 0.1) is 0 Å². The van der Waals surface area contributed by atoms with E-state index in [1.54, 1.807) is 0 Å². The zero-order valence-corrected chi connectivity index (χ0v) is 19.8. The first-order valence-corrected chi connectivity index (χ1v) is 13.2. The molecule has 0 aromatic rings. The Balaban J connectivity index is 3.00. The lowest BCUT2D eigenvalue weighted by Crippen LogP contribution is -2.28. The van der Waals surface area contributed by atoms with E-state index in [0.29, 0.717) is 0 Å². The van der Waals surface area contributed by atoms with Gasteiger partial charge in [-0.15, -0.1) is 0 Å². The van der Waals surface area contributed by atoms with E-state index in [4.69, 9.17) is 0 Å². The van der Waals surface area contributed by atoms with E-state index in [9.17, 15) is 5.11 Å². The zero-order chi connectivity index (χ0) is 20.5. The molecule has 0 aliphatic rings. The van der Waals surface area contributed by atoms with Gasteiger partial charge in [0.25, 0.3) is 0 Å². The summed E-state index contributed by atoms with van der Waals surface area (Å²) in [6.07, 6.45) is 30.5. The molecule has 0 aliphatic heterocycles. The van der Waals surface area contributed by atoms with Gasteiger partial charge in [-0.05, 0) is 19.4 Å². The molecular weight excluding hydrogens is 342 g/mol. The fourth-order valence-electron chi connectivity index (χ4n) is 3.97. The smallest absolute Gasteiger partial charge is 0.104 e. The van der Waals surface area contributed by atoms with Crippen LogP contribution in [0.25, 0.3) is 0 Å². The van der Waals surface area contributed by atoms with E-state index < -0.39 is 0 Å². The number of rotatable bonds is 24. The average Bonchev–Trinajstić information content (AvgIpc) is 2.71. The summed E-state index contributed by atoms with van der Waals surface area (Å²) in [5.41, 5.74) is 0. The molecule has 0 aromatic carbocycles. The minimum absolute atomic E-state index is 0.301. The van der Waals surface area contributed by atoms with Crippen molar-refractivity contribution in [2.45, 2.75) is 161 Å². The molecule has 0 bridgehead atoms. The van der Waals surface area contributed by atoms with Crippen LogP contribution in [0.1, 0.15) is 155 Å². The van der Waals surface area contributed by atoms with Crippen LogP contribution in [-0.2, 0) is 0 Å². The molecule has 0 radical (unpaired) electrons. The Kier molecular flexibility index (Phi) is 24.9. The van der Waals surface area contributed by atoms with Gasteiger partial charge in [0.2, 0.25) is 0 Å². The van der Waals surface area contributed by atoms with Crippen molar-refractivity contribution in [2.24, 2.45) is 0 Å². The Labute approximate surface area is 178 Å². The van der Waals surface area contributed by atoms with E-state index in [2.05, 4.69) is 12.2 Å². The van der Waals surface area contributed by atoms with Gasteiger partial charge in [-0.25, -0.2) is 0 Å². The van der Waals surface area contributed by atoms with Crippen LogP contribution in [0.15, 0.2) is 0 Å². The van der Waals surface area contributed by atoms with Gasteiger partial charge in [-0.2, -0.15) is 0 Å². The van der Waals surface area contributed by atoms with Gasteiger partial charge in [0.15, 0.2) is 0 Å². The number of aliphatic hydroxyl groups excluding tert-OH is 1. The maximum absolute atomic E-state index is 9.41. The SMILES string of the molecule is CCCCCCCCCCCCCCCCCCCCCCCNC(O)CC. The fraction of sp³-hybridized carbons (Fsp3) is 1.00. The molecule has 2 heteroatoms. The molecule has 0 aliphatic carbocycles. The van der Waals surface area contributed by atoms with Gasteiger partial charge in [-0.3, -0.25) is 5.32 Å². The van der Waals surface area contributed by atoms with Crippen molar-refractivity contribution < 1.29 is 5.11 Å². The molecule has 0 fully saturated rings. The number of unbranched alkanes of at least 4 members (excludes halogenated alkanes) is 20. The topological polar surface area (TPSA) is 32.3 Å². The summed E-state index contributed by atoms with van der Waals surface area (Å²) in [5, 5.41) is 12.6. The van der Waals surface area contributed by atoms with Crippen molar-refractivity contribution >= 4 is 0 Å². The molecule has 0 spiro atoms. The highest BCUT2D eigenvalue weighted by atomic mass is 16.3. The Morgan fingerprint density at radius 1 is 0.464 bits per heavy atom. The molecule has 0 aromatic heterocycles. The lowest BCUT2D eigenvalue weighted by Gasteiger charge is -2.09. The van der Waals surface area contributed by atoms with E-state index in [0.717, 1.165) is 13.0 Å². The van der Waals surface area contributed by atoms with Gasteiger partial charge in [0.05, 0.1) is 0 Å². The molecule has 1 atom stereocenters. The van der Waals surface area contributed by atoms with E-state index in [1.165, 1.54) is 135 Å². The first-order chi connectivity index (χ1) is 13.8. The summed E-state index contributed by atoms with van der Waals surface area (Å²) in [6.45, 7) is 5.27. The Bertz CT molecular complexity index is 269.